The average Bonchev–Trinajstić information content (AvgIpc) is 3.25. The highest BCUT2D eigenvalue weighted by Gasteiger charge is 2.23. The van der Waals surface area contributed by atoms with Gasteiger partial charge in [-0.1, -0.05) is 24.2 Å². The van der Waals surface area contributed by atoms with E-state index in [0.717, 1.165) is 10.2 Å². The third-order valence-electron chi connectivity index (χ3n) is 4.12. The monoisotopic (exact) mass is 325 g/mol. The van der Waals surface area contributed by atoms with E-state index in [1.807, 2.05) is 22.6 Å². The van der Waals surface area contributed by atoms with Crippen molar-refractivity contribution in [3.63, 3.8) is 0 Å². The number of benzene rings is 1. The molecule has 1 atom stereocenters. The number of nitrogens with zero attached hydrogens (tertiary/aromatic N) is 5. The molecule has 4 aromatic rings. The Labute approximate surface area is 136 Å². The zero-order valence-corrected chi connectivity index (χ0v) is 13.2. The van der Waals surface area contributed by atoms with Gasteiger partial charge in [-0.25, -0.2) is 4.98 Å². The van der Waals surface area contributed by atoms with E-state index in [2.05, 4.69) is 15.1 Å². The van der Waals surface area contributed by atoms with E-state index in [1.165, 1.54) is 0 Å². The Morgan fingerprint density at radius 2 is 2.17 bits per heavy atom. The van der Waals surface area contributed by atoms with Gasteiger partial charge in [0.15, 0.2) is 0 Å². The van der Waals surface area contributed by atoms with Crippen LogP contribution in [0, 0.1) is 12.1 Å². The van der Waals surface area contributed by atoms with Crippen molar-refractivity contribution >= 4 is 16.6 Å². The predicted octanol–water partition coefficient (Wildman–Crippen LogP) is 1.58. The van der Waals surface area contributed by atoms with Gasteiger partial charge in [0.05, 0.1) is 12.5 Å². The fraction of sp³-hybridized carbons (Fsp3) is 0.250. The fourth-order valence-corrected chi connectivity index (χ4v) is 2.77. The number of aryl methyl sites for hydroxylation is 1. The lowest BCUT2D eigenvalue weighted by molar-refractivity contribution is -0.583. The molecule has 0 aliphatic heterocycles. The first-order valence-electron chi connectivity index (χ1n) is 7.54. The average molecular weight is 325 g/mol. The third kappa shape index (κ3) is 1.96. The summed E-state index contributed by atoms with van der Waals surface area (Å²) in [5.74, 6) is 0.375. The van der Waals surface area contributed by atoms with Gasteiger partial charge in [0.25, 0.3) is 0 Å². The van der Waals surface area contributed by atoms with Gasteiger partial charge < -0.3 is 14.8 Å². The molecule has 0 saturated carbocycles. The molecule has 1 aromatic carbocycles. The molecule has 1 unspecified atom stereocenters. The molecule has 24 heavy (non-hydrogen) atoms. The highest BCUT2D eigenvalue weighted by atomic mass is 16.5. The van der Waals surface area contributed by atoms with E-state index in [1.54, 1.807) is 26.2 Å². The van der Waals surface area contributed by atoms with Crippen LogP contribution in [-0.2, 0) is 0 Å². The zero-order chi connectivity index (χ0) is 16.8. The van der Waals surface area contributed by atoms with Crippen LogP contribution in [0.3, 0.4) is 0 Å². The van der Waals surface area contributed by atoms with Crippen LogP contribution < -0.4 is 4.73 Å². The molecule has 0 aliphatic rings. The minimum absolute atomic E-state index is 0.0875. The van der Waals surface area contributed by atoms with Crippen molar-refractivity contribution in [1.82, 2.24) is 19.5 Å². The molecule has 122 valence electrons. The highest BCUT2D eigenvalue weighted by molar-refractivity contribution is 5.82. The maximum Gasteiger partial charge on any atom is 0.241 e. The van der Waals surface area contributed by atoms with Crippen molar-refractivity contribution in [2.24, 2.45) is 0 Å². The van der Waals surface area contributed by atoms with Crippen molar-refractivity contribution in [3.8, 4) is 11.5 Å². The summed E-state index contributed by atoms with van der Waals surface area (Å²) in [7, 11) is 0. The molecule has 3 heterocycles. The van der Waals surface area contributed by atoms with Gasteiger partial charge in [-0.2, -0.15) is 9.71 Å². The number of hydrogen-bond acceptors (Lipinski definition) is 6. The van der Waals surface area contributed by atoms with Crippen molar-refractivity contribution in [2.45, 2.75) is 19.8 Å². The number of hydrogen-bond donors (Lipinski definition) is 1. The summed E-state index contributed by atoms with van der Waals surface area (Å²) in [6.45, 7) is 3.43. The number of aliphatic hydroxyl groups excluding tert-OH is 1. The van der Waals surface area contributed by atoms with Crippen molar-refractivity contribution < 1.29 is 14.4 Å². The van der Waals surface area contributed by atoms with E-state index in [4.69, 9.17) is 4.52 Å². The van der Waals surface area contributed by atoms with Crippen molar-refractivity contribution in [2.75, 3.05) is 6.61 Å². The SMILES string of the molecule is Cc1c2c(-c3noc(C(C)CO)n3)ncn2c2ccccc2[n+]1[O-]. The van der Waals surface area contributed by atoms with Crippen LogP contribution in [0.4, 0.5) is 0 Å². The second-order valence-electron chi connectivity index (χ2n) is 5.72. The minimum atomic E-state index is -0.258. The molecule has 0 amide bonds. The first-order valence-corrected chi connectivity index (χ1v) is 7.54. The molecule has 0 aliphatic carbocycles. The van der Waals surface area contributed by atoms with Crippen LogP contribution in [-0.4, -0.2) is 31.2 Å². The van der Waals surface area contributed by atoms with Crippen LogP contribution in [0.25, 0.3) is 28.1 Å². The Bertz CT molecular complexity index is 1050. The standard InChI is InChI=1S/C16H15N5O3/c1-9(7-22)16-18-15(19-24-16)13-14-10(2)21(23)12-6-4-3-5-11(12)20(14)8-17-13/h3-6,8-9,22H,7H2,1-2H3. The number of imidazole rings is 1. The number of para-hydroxylation sites is 2. The maximum atomic E-state index is 12.6. The summed E-state index contributed by atoms with van der Waals surface area (Å²) < 4.78 is 7.92. The summed E-state index contributed by atoms with van der Waals surface area (Å²) in [6, 6.07) is 7.31. The lowest BCUT2D eigenvalue weighted by Crippen LogP contribution is -2.32. The Morgan fingerprint density at radius 1 is 1.38 bits per heavy atom. The topological polar surface area (TPSA) is 103 Å². The van der Waals surface area contributed by atoms with Gasteiger partial charge in [-0.05, 0) is 6.07 Å². The maximum absolute atomic E-state index is 12.6. The molecule has 8 heteroatoms. The molecular weight excluding hydrogens is 310 g/mol. The van der Waals surface area contributed by atoms with Crippen LogP contribution in [0.1, 0.15) is 24.4 Å². The van der Waals surface area contributed by atoms with E-state index in [0.29, 0.717) is 34.1 Å². The number of aliphatic hydroxyl groups is 1. The zero-order valence-electron chi connectivity index (χ0n) is 13.2. The predicted molar refractivity (Wildman–Crippen MR) is 85.2 cm³/mol. The Balaban J connectivity index is 1.99. The summed E-state index contributed by atoms with van der Waals surface area (Å²) in [6.07, 6.45) is 1.64. The molecule has 4 rings (SSSR count). The van der Waals surface area contributed by atoms with Gasteiger partial charge in [0.1, 0.15) is 23.1 Å². The number of aromatic nitrogens is 5. The Hall–Kier alpha value is -3.00. The molecule has 8 nitrogen and oxygen atoms in total. The van der Waals surface area contributed by atoms with Crippen molar-refractivity contribution in [1.29, 1.82) is 0 Å². The lowest BCUT2D eigenvalue weighted by Gasteiger charge is -2.08. The molecule has 0 saturated heterocycles. The van der Waals surface area contributed by atoms with Gasteiger partial charge >= 0.3 is 0 Å². The smallest absolute Gasteiger partial charge is 0.241 e. The molecular formula is C16H15N5O3. The lowest BCUT2D eigenvalue weighted by atomic mass is 10.2. The fourth-order valence-electron chi connectivity index (χ4n) is 2.77. The Kier molecular flexibility index (Phi) is 3.20. The second kappa shape index (κ2) is 5.27. The summed E-state index contributed by atoms with van der Waals surface area (Å²) in [5, 5.41) is 25.7. The van der Waals surface area contributed by atoms with Gasteiger partial charge in [-0.15, -0.1) is 0 Å². The van der Waals surface area contributed by atoms with E-state index < -0.39 is 0 Å². The Morgan fingerprint density at radius 3 is 2.96 bits per heavy atom. The van der Waals surface area contributed by atoms with Crippen LogP contribution in [0.15, 0.2) is 35.1 Å². The number of rotatable bonds is 3. The summed E-state index contributed by atoms with van der Waals surface area (Å²) in [4.78, 5) is 8.68. The second-order valence-corrected chi connectivity index (χ2v) is 5.72. The van der Waals surface area contributed by atoms with Crippen LogP contribution >= 0.6 is 0 Å². The van der Waals surface area contributed by atoms with E-state index in [-0.39, 0.29) is 12.5 Å². The summed E-state index contributed by atoms with van der Waals surface area (Å²) >= 11 is 0. The van der Waals surface area contributed by atoms with Crippen molar-refractivity contribution in [3.05, 3.63) is 47.4 Å². The molecule has 3 aromatic heterocycles. The van der Waals surface area contributed by atoms with Crippen LogP contribution in [0.2, 0.25) is 0 Å². The van der Waals surface area contributed by atoms with Gasteiger partial charge in [-0.3, -0.25) is 4.40 Å². The quantitative estimate of drug-likeness (QED) is 0.453. The van der Waals surface area contributed by atoms with Crippen LogP contribution in [0.5, 0.6) is 0 Å². The van der Waals surface area contributed by atoms with Gasteiger partial charge in [0.2, 0.25) is 22.9 Å². The molecule has 0 radical (unpaired) electrons. The van der Waals surface area contributed by atoms with E-state index >= 15 is 0 Å². The highest BCUT2D eigenvalue weighted by Crippen LogP contribution is 2.26. The number of fused-ring (bicyclic) bond motifs is 3. The van der Waals surface area contributed by atoms with Gasteiger partial charge in [0, 0.05) is 13.0 Å². The third-order valence-corrected chi connectivity index (χ3v) is 4.12. The first-order chi connectivity index (χ1) is 11.6. The minimum Gasteiger partial charge on any atom is -0.618 e. The normalized spacial score (nSPS) is 13.0. The molecule has 0 bridgehead atoms. The summed E-state index contributed by atoms with van der Waals surface area (Å²) in [5.41, 5.74) is 2.92. The molecule has 0 fully saturated rings. The first kappa shape index (κ1) is 14.6. The van der Waals surface area contributed by atoms with E-state index in [9.17, 15) is 10.3 Å². The molecule has 1 N–H and O–H groups in total. The largest absolute Gasteiger partial charge is 0.618 e. The molecule has 0 spiro atoms.